The molecule has 1 amide bonds. The molecule has 2 aromatic rings. The smallest absolute Gasteiger partial charge is 0.323 e. The van der Waals surface area contributed by atoms with Crippen LogP contribution in [0.25, 0.3) is 0 Å². The second kappa shape index (κ2) is 6.70. The summed E-state index contributed by atoms with van der Waals surface area (Å²) in [6.07, 6.45) is 0.183. The fourth-order valence-corrected chi connectivity index (χ4v) is 2.05. The largest absolute Gasteiger partial charge is 0.480 e. The summed E-state index contributed by atoms with van der Waals surface area (Å²) >= 11 is 0. The van der Waals surface area contributed by atoms with Crippen molar-refractivity contribution in [2.24, 2.45) is 0 Å². The highest BCUT2D eigenvalue weighted by molar-refractivity contribution is 5.98. The standard InChI is InChI=1S/C17H17NO3/c1-13-7-9-15(10-8-13)18(12-17(20)21)16(19)11-14-5-3-2-4-6-14/h2-10H,11-12H2,1H3,(H,20,21). The van der Waals surface area contributed by atoms with Crippen molar-refractivity contribution >= 4 is 17.6 Å². The van der Waals surface area contributed by atoms with Crippen LogP contribution in [0.1, 0.15) is 11.1 Å². The minimum atomic E-state index is -1.03. The lowest BCUT2D eigenvalue weighted by Crippen LogP contribution is -2.36. The molecule has 0 atom stereocenters. The van der Waals surface area contributed by atoms with Gasteiger partial charge in [0.1, 0.15) is 6.54 Å². The van der Waals surface area contributed by atoms with Crippen molar-refractivity contribution in [3.63, 3.8) is 0 Å². The van der Waals surface area contributed by atoms with E-state index in [2.05, 4.69) is 0 Å². The second-order valence-electron chi connectivity index (χ2n) is 4.87. The van der Waals surface area contributed by atoms with Crippen molar-refractivity contribution in [3.05, 3.63) is 65.7 Å². The van der Waals surface area contributed by atoms with Gasteiger partial charge in [0.25, 0.3) is 0 Å². The van der Waals surface area contributed by atoms with Gasteiger partial charge < -0.3 is 10.0 Å². The molecule has 0 aliphatic carbocycles. The maximum atomic E-state index is 12.4. The van der Waals surface area contributed by atoms with Crippen molar-refractivity contribution in [2.75, 3.05) is 11.4 Å². The summed E-state index contributed by atoms with van der Waals surface area (Å²) in [5, 5.41) is 9.02. The van der Waals surface area contributed by atoms with E-state index < -0.39 is 5.97 Å². The summed E-state index contributed by atoms with van der Waals surface area (Å²) in [5.74, 6) is -1.26. The number of amides is 1. The fourth-order valence-electron chi connectivity index (χ4n) is 2.05. The van der Waals surface area contributed by atoms with Crippen LogP contribution in [0.2, 0.25) is 0 Å². The van der Waals surface area contributed by atoms with Crippen LogP contribution in [0.3, 0.4) is 0 Å². The lowest BCUT2D eigenvalue weighted by Gasteiger charge is -2.21. The molecule has 0 radical (unpaired) electrons. The van der Waals surface area contributed by atoms with Gasteiger partial charge in [0.05, 0.1) is 6.42 Å². The maximum absolute atomic E-state index is 12.4. The van der Waals surface area contributed by atoms with E-state index >= 15 is 0 Å². The minimum absolute atomic E-state index is 0.183. The number of nitrogens with zero attached hydrogens (tertiary/aromatic N) is 1. The number of aryl methyl sites for hydroxylation is 1. The molecule has 0 aliphatic rings. The highest BCUT2D eigenvalue weighted by Gasteiger charge is 2.18. The summed E-state index contributed by atoms with van der Waals surface area (Å²) < 4.78 is 0. The topological polar surface area (TPSA) is 57.6 Å². The number of carbonyl (C=O) groups excluding carboxylic acids is 1. The lowest BCUT2D eigenvalue weighted by molar-refractivity contribution is -0.136. The number of hydrogen-bond acceptors (Lipinski definition) is 2. The van der Waals surface area contributed by atoms with Crippen LogP contribution < -0.4 is 4.90 Å². The van der Waals surface area contributed by atoms with Gasteiger partial charge in [0.15, 0.2) is 0 Å². The fraction of sp³-hybridized carbons (Fsp3) is 0.176. The Hall–Kier alpha value is -2.62. The molecule has 0 aromatic heterocycles. The zero-order chi connectivity index (χ0) is 15.2. The van der Waals surface area contributed by atoms with Gasteiger partial charge in [0, 0.05) is 5.69 Å². The number of hydrogen-bond donors (Lipinski definition) is 1. The van der Waals surface area contributed by atoms with E-state index in [0.29, 0.717) is 5.69 Å². The first-order valence-electron chi connectivity index (χ1n) is 6.69. The van der Waals surface area contributed by atoms with Crippen molar-refractivity contribution in [2.45, 2.75) is 13.3 Å². The Bertz CT molecular complexity index is 620. The minimum Gasteiger partial charge on any atom is -0.480 e. The van der Waals surface area contributed by atoms with Crippen LogP contribution in [0.5, 0.6) is 0 Å². The third-order valence-corrected chi connectivity index (χ3v) is 3.14. The zero-order valence-corrected chi connectivity index (χ0v) is 11.8. The summed E-state index contributed by atoms with van der Waals surface area (Å²) in [5.41, 5.74) is 2.53. The summed E-state index contributed by atoms with van der Waals surface area (Å²) in [7, 11) is 0. The number of aliphatic carboxylic acids is 1. The molecule has 21 heavy (non-hydrogen) atoms. The molecule has 1 N–H and O–H groups in total. The van der Waals surface area contributed by atoms with E-state index in [0.717, 1.165) is 11.1 Å². The van der Waals surface area contributed by atoms with Crippen molar-refractivity contribution in [1.29, 1.82) is 0 Å². The van der Waals surface area contributed by atoms with E-state index in [1.807, 2.05) is 49.4 Å². The Labute approximate surface area is 123 Å². The van der Waals surface area contributed by atoms with E-state index in [9.17, 15) is 9.59 Å². The third kappa shape index (κ3) is 4.18. The van der Waals surface area contributed by atoms with E-state index in [-0.39, 0.29) is 18.9 Å². The van der Waals surface area contributed by atoms with Gasteiger partial charge >= 0.3 is 5.97 Å². The Morgan fingerprint density at radius 1 is 1.00 bits per heavy atom. The Morgan fingerprint density at radius 2 is 1.62 bits per heavy atom. The zero-order valence-electron chi connectivity index (χ0n) is 11.8. The molecule has 2 aromatic carbocycles. The average Bonchev–Trinajstić information content (AvgIpc) is 2.46. The van der Waals surface area contributed by atoms with Gasteiger partial charge in [-0.1, -0.05) is 48.0 Å². The quantitative estimate of drug-likeness (QED) is 0.917. The van der Waals surface area contributed by atoms with Crippen molar-refractivity contribution in [1.82, 2.24) is 0 Å². The molecule has 0 heterocycles. The first-order valence-corrected chi connectivity index (χ1v) is 6.69. The molecule has 0 saturated carbocycles. The Kier molecular flexibility index (Phi) is 4.72. The van der Waals surface area contributed by atoms with Gasteiger partial charge in [-0.05, 0) is 24.6 Å². The second-order valence-corrected chi connectivity index (χ2v) is 4.87. The summed E-state index contributed by atoms with van der Waals surface area (Å²) in [6.45, 7) is 1.60. The van der Waals surface area contributed by atoms with Gasteiger partial charge in [-0.25, -0.2) is 0 Å². The van der Waals surface area contributed by atoms with E-state index in [1.54, 1.807) is 12.1 Å². The lowest BCUT2D eigenvalue weighted by atomic mass is 10.1. The van der Waals surface area contributed by atoms with Crippen molar-refractivity contribution in [3.8, 4) is 0 Å². The number of anilines is 1. The summed E-state index contributed by atoms with van der Waals surface area (Å²) in [6, 6.07) is 16.6. The molecule has 0 saturated heterocycles. The summed E-state index contributed by atoms with van der Waals surface area (Å²) in [4.78, 5) is 24.7. The van der Waals surface area contributed by atoms with E-state index in [1.165, 1.54) is 4.90 Å². The number of carbonyl (C=O) groups is 2. The van der Waals surface area contributed by atoms with Gasteiger partial charge in [-0.3, -0.25) is 9.59 Å². The number of carboxylic acid groups (broad SMARTS) is 1. The van der Waals surface area contributed by atoms with Crippen LogP contribution in [0.15, 0.2) is 54.6 Å². The normalized spacial score (nSPS) is 10.1. The number of carboxylic acids is 1. The average molecular weight is 283 g/mol. The van der Waals surface area contributed by atoms with Crippen LogP contribution >= 0.6 is 0 Å². The molecule has 4 nitrogen and oxygen atoms in total. The first-order chi connectivity index (χ1) is 10.1. The monoisotopic (exact) mass is 283 g/mol. The van der Waals surface area contributed by atoms with Gasteiger partial charge in [0.2, 0.25) is 5.91 Å². The molecule has 0 bridgehead atoms. The molecule has 4 heteroatoms. The predicted octanol–water partition coefficient (Wildman–Crippen LogP) is 2.66. The Balaban J connectivity index is 2.21. The Morgan fingerprint density at radius 3 is 2.19 bits per heavy atom. The highest BCUT2D eigenvalue weighted by atomic mass is 16.4. The molecule has 0 fully saturated rings. The molecular weight excluding hydrogens is 266 g/mol. The van der Waals surface area contributed by atoms with Crippen molar-refractivity contribution < 1.29 is 14.7 Å². The third-order valence-electron chi connectivity index (χ3n) is 3.14. The molecule has 0 aliphatic heterocycles. The van der Waals surface area contributed by atoms with Crippen LogP contribution in [0, 0.1) is 6.92 Å². The highest BCUT2D eigenvalue weighted by Crippen LogP contribution is 2.16. The van der Waals surface area contributed by atoms with Crippen LogP contribution in [-0.2, 0) is 16.0 Å². The molecular formula is C17H17NO3. The van der Waals surface area contributed by atoms with Gasteiger partial charge in [-0.15, -0.1) is 0 Å². The van der Waals surface area contributed by atoms with Crippen LogP contribution in [0.4, 0.5) is 5.69 Å². The van der Waals surface area contributed by atoms with Crippen LogP contribution in [-0.4, -0.2) is 23.5 Å². The molecule has 2 rings (SSSR count). The SMILES string of the molecule is Cc1ccc(N(CC(=O)O)C(=O)Cc2ccccc2)cc1. The maximum Gasteiger partial charge on any atom is 0.323 e. The molecule has 0 spiro atoms. The number of benzene rings is 2. The number of rotatable bonds is 5. The molecule has 0 unspecified atom stereocenters. The van der Waals surface area contributed by atoms with E-state index in [4.69, 9.17) is 5.11 Å². The first kappa shape index (κ1) is 14.8. The predicted molar refractivity (Wildman–Crippen MR) is 81.3 cm³/mol. The van der Waals surface area contributed by atoms with Gasteiger partial charge in [-0.2, -0.15) is 0 Å². The molecule has 108 valence electrons.